The van der Waals surface area contributed by atoms with Gasteiger partial charge in [0.15, 0.2) is 17.3 Å². The molecule has 5 rings (SSSR count). The molecular weight excluding hydrogens is 578 g/mol. The summed E-state index contributed by atoms with van der Waals surface area (Å²) in [5.41, 5.74) is 2.79. The highest BCUT2D eigenvalue weighted by Gasteiger charge is 2.24. The zero-order valence-corrected chi connectivity index (χ0v) is 25.8. The highest BCUT2D eigenvalue weighted by molar-refractivity contribution is 5.95. The molecule has 0 spiro atoms. The molecule has 13 heteroatoms. The van der Waals surface area contributed by atoms with E-state index in [9.17, 15) is 14.4 Å². The quantitative estimate of drug-likeness (QED) is 0.345. The molecule has 0 aliphatic carbocycles. The molecule has 0 saturated heterocycles. The van der Waals surface area contributed by atoms with Gasteiger partial charge in [-0.05, 0) is 45.4 Å². The van der Waals surface area contributed by atoms with E-state index in [1.807, 2.05) is 44.2 Å². The van der Waals surface area contributed by atoms with Gasteiger partial charge >= 0.3 is 0 Å². The number of hydrogen-bond donors (Lipinski definition) is 2. The van der Waals surface area contributed by atoms with Crippen LogP contribution in [0.2, 0.25) is 0 Å². The Hall–Kier alpha value is -5.20. The minimum atomic E-state index is -0.532. The first-order chi connectivity index (χ1) is 21.7. The molecule has 1 aliphatic rings. The maximum absolute atomic E-state index is 13.4. The van der Waals surface area contributed by atoms with Crippen molar-refractivity contribution in [3.8, 4) is 22.9 Å². The van der Waals surface area contributed by atoms with E-state index in [4.69, 9.17) is 24.1 Å². The molecule has 2 aromatic heterocycles. The van der Waals surface area contributed by atoms with Gasteiger partial charge in [-0.25, -0.2) is 9.67 Å². The number of nitrogens with one attached hydrogen (secondary N) is 2. The molecule has 45 heavy (non-hydrogen) atoms. The van der Waals surface area contributed by atoms with Gasteiger partial charge in [-0.3, -0.25) is 14.4 Å². The first-order valence-corrected chi connectivity index (χ1v) is 14.8. The Labute approximate surface area is 260 Å². The Morgan fingerprint density at radius 3 is 2.62 bits per heavy atom. The van der Waals surface area contributed by atoms with Crippen molar-refractivity contribution in [1.29, 1.82) is 0 Å². The lowest BCUT2D eigenvalue weighted by Gasteiger charge is -2.23. The molecule has 2 bridgehead atoms. The van der Waals surface area contributed by atoms with Crippen LogP contribution < -0.4 is 20.1 Å². The monoisotopic (exact) mass is 615 g/mol. The molecule has 0 radical (unpaired) electrons. The molecule has 1 aliphatic heterocycles. The number of ether oxygens (including phenoxy) is 2. The number of rotatable bonds is 5. The van der Waals surface area contributed by atoms with Crippen LogP contribution in [0.1, 0.15) is 52.6 Å². The first kappa shape index (κ1) is 31.2. The van der Waals surface area contributed by atoms with Crippen LogP contribution in [-0.2, 0) is 22.6 Å². The molecule has 0 fully saturated rings. The normalized spacial score (nSPS) is 16.2. The molecule has 0 unspecified atom stereocenters. The van der Waals surface area contributed by atoms with E-state index in [2.05, 4.69) is 15.8 Å². The smallest absolute Gasteiger partial charge is 0.251 e. The van der Waals surface area contributed by atoms with E-state index in [1.165, 1.54) is 12.0 Å². The Bertz CT molecular complexity index is 1650. The average molecular weight is 616 g/mol. The van der Waals surface area contributed by atoms with Crippen LogP contribution in [-0.4, -0.2) is 75.9 Å². The van der Waals surface area contributed by atoms with Crippen LogP contribution in [0.4, 0.5) is 0 Å². The molecule has 1 atom stereocenters. The number of hydrogen-bond acceptors (Lipinski definition) is 9. The summed E-state index contributed by atoms with van der Waals surface area (Å²) in [6, 6.07) is 13.9. The van der Waals surface area contributed by atoms with E-state index in [1.54, 1.807) is 29.8 Å². The minimum absolute atomic E-state index is 0.127. The van der Waals surface area contributed by atoms with E-state index < -0.39 is 6.04 Å². The Balaban J connectivity index is 1.42. The van der Waals surface area contributed by atoms with Gasteiger partial charge in [0.05, 0.1) is 31.9 Å². The van der Waals surface area contributed by atoms with Gasteiger partial charge in [-0.2, -0.15) is 5.10 Å². The van der Waals surface area contributed by atoms with Crippen LogP contribution in [0.5, 0.6) is 11.5 Å². The number of fused-ring (bicyclic) bond motifs is 3. The van der Waals surface area contributed by atoms with Gasteiger partial charge in [0, 0.05) is 36.2 Å². The molecule has 13 nitrogen and oxygen atoms in total. The highest BCUT2D eigenvalue weighted by Crippen LogP contribution is 2.28. The van der Waals surface area contributed by atoms with Gasteiger partial charge in [0.25, 0.3) is 5.91 Å². The predicted octanol–water partition coefficient (Wildman–Crippen LogP) is 3.02. The molecule has 2 N–H and O–H groups in total. The third kappa shape index (κ3) is 7.48. The van der Waals surface area contributed by atoms with Gasteiger partial charge in [0.1, 0.15) is 18.2 Å². The zero-order valence-electron chi connectivity index (χ0n) is 25.8. The van der Waals surface area contributed by atoms with Crippen LogP contribution in [0.15, 0.2) is 53.1 Å². The molecule has 3 heterocycles. The number of carbonyl (C=O) groups is 3. The standard InChI is InChI=1S/C32H37N7O6/c1-20-25(22(3)45-37-20)11-13-29(41)38-15-14-33-32(42)24-10-12-26(43-4)27(18-24)44-17-16-39-31(21(2)34-28(40)19-38)35-30(36-39)23-8-6-5-7-9-23/h5-10,12,18,21H,11,13-17,19H2,1-4H3,(H,33,42)(H,34,40)/t21-/m1/s1. The number of aromatic nitrogens is 4. The third-order valence-corrected chi connectivity index (χ3v) is 7.61. The fraction of sp³-hybridized carbons (Fsp3) is 0.375. The van der Waals surface area contributed by atoms with Crippen molar-refractivity contribution >= 4 is 17.7 Å². The minimum Gasteiger partial charge on any atom is -0.493 e. The van der Waals surface area contributed by atoms with Crippen molar-refractivity contribution in [2.75, 3.05) is 33.4 Å². The Morgan fingerprint density at radius 2 is 1.89 bits per heavy atom. The van der Waals surface area contributed by atoms with Crippen molar-refractivity contribution < 1.29 is 28.4 Å². The van der Waals surface area contributed by atoms with E-state index in [-0.39, 0.29) is 50.4 Å². The van der Waals surface area contributed by atoms with Crippen molar-refractivity contribution in [3.63, 3.8) is 0 Å². The number of methoxy groups -OCH3 is 1. The number of aryl methyl sites for hydroxylation is 2. The SMILES string of the molecule is COc1ccc2cc1OCCn1nc(-c3ccccc3)nc1[C@@H](C)NC(=O)CN(C(=O)CCc1c(C)noc1C)CCNC2=O. The second kappa shape index (κ2) is 14.1. The fourth-order valence-electron chi connectivity index (χ4n) is 5.19. The Kier molecular flexibility index (Phi) is 9.76. The van der Waals surface area contributed by atoms with Crippen LogP contribution in [0.25, 0.3) is 11.4 Å². The Morgan fingerprint density at radius 1 is 1.09 bits per heavy atom. The fourth-order valence-corrected chi connectivity index (χ4v) is 5.19. The summed E-state index contributed by atoms with van der Waals surface area (Å²) in [7, 11) is 1.53. The van der Waals surface area contributed by atoms with Gasteiger partial charge in [-0.1, -0.05) is 35.5 Å². The first-order valence-electron chi connectivity index (χ1n) is 14.8. The molecule has 2 aromatic carbocycles. The molecule has 4 aromatic rings. The lowest BCUT2D eigenvalue weighted by molar-refractivity contribution is -0.136. The average Bonchev–Trinajstić information content (AvgIpc) is 3.61. The summed E-state index contributed by atoms with van der Waals surface area (Å²) in [5, 5.41) is 14.5. The largest absolute Gasteiger partial charge is 0.493 e. The molecule has 236 valence electrons. The third-order valence-electron chi connectivity index (χ3n) is 7.61. The number of nitrogens with zero attached hydrogens (tertiary/aromatic N) is 5. The van der Waals surface area contributed by atoms with E-state index in [0.29, 0.717) is 47.4 Å². The predicted molar refractivity (Wildman–Crippen MR) is 164 cm³/mol. The maximum atomic E-state index is 13.4. The van der Waals surface area contributed by atoms with E-state index in [0.717, 1.165) is 16.8 Å². The van der Waals surface area contributed by atoms with Gasteiger partial charge in [0.2, 0.25) is 11.8 Å². The van der Waals surface area contributed by atoms with Crippen molar-refractivity contribution in [2.45, 2.75) is 46.2 Å². The maximum Gasteiger partial charge on any atom is 0.251 e. The number of benzene rings is 2. The van der Waals surface area contributed by atoms with Crippen LogP contribution in [0, 0.1) is 13.8 Å². The zero-order chi connectivity index (χ0) is 31.9. The lowest BCUT2D eigenvalue weighted by Crippen LogP contribution is -2.45. The summed E-state index contributed by atoms with van der Waals surface area (Å²) in [6.07, 6.45) is 0.564. The second-order valence-corrected chi connectivity index (χ2v) is 10.8. The van der Waals surface area contributed by atoms with E-state index >= 15 is 0 Å². The summed E-state index contributed by atoms with van der Waals surface area (Å²) in [5.74, 6) is 1.62. The lowest BCUT2D eigenvalue weighted by atomic mass is 10.1. The highest BCUT2D eigenvalue weighted by atomic mass is 16.5. The number of amides is 3. The summed E-state index contributed by atoms with van der Waals surface area (Å²) in [6.45, 7) is 6.01. The summed E-state index contributed by atoms with van der Waals surface area (Å²) >= 11 is 0. The van der Waals surface area contributed by atoms with Crippen LogP contribution >= 0.6 is 0 Å². The van der Waals surface area contributed by atoms with Crippen molar-refractivity contribution in [2.24, 2.45) is 0 Å². The summed E-state index contributed by atoms with van der Waals surface area (Å²) in [4.78, 5) is 46.0. The van der Waals surface area contributed by atoms with Crippen LogP contribution in [0.3, 0.4) is 0 Å². The topological polar surface area (TPSA) is 154 Å². The van der Waals surface area contributed by atoms with Gasteiger partial charge in [-0.15, -0.1) is 0 Å². The molecule has 3 amide bonds. The summed E-state index contributed by atoms with van der Waals surface area (Å²) < 4.78 is 18.4. The van der Waals surface area contributed by atoms with Crippen molar-refractivity contribution in [1.82, 2.24) is 35.5 Å². The van der Waals surface area contributed by atoms with Crippen molar-refractivity contribution in [3.05, 3.63) is 76.9 Å². The molecule has 0 saturated carbocycles. The van der Waals surface area contributed by atoms with Gasteiger partial charge < -0.3 is 29.5 Å². The second-order valence-electron chi connectivity index (χ2n) is 10.8. The molecular formula is C32H37N7O6. The number of carbonyl (C=O) groups excluding carboxylic acids is 3.